The van der Waals surface area contributed by atoms with Crippen LogP contribution < -0.4 is 11.1 Å². The summed E-state index contributed by atoms with van der Waals surface area (Å²) in [6, 6.07) is 0.327. The number of ether oxygens (including phenoxy) is 1. The zero-order valence-corrected chi connectivity index (χ0v) is 19.7. The highest BCUT2D eigenvalue weighted by Gasteiger charge is 2.26. The maximum atomic E-state index is 12.1. The van der Waals surface area contributed by atoms with Crippen LogP contribution in [0.15, 0.2) is 4.99 Å². The van der Waals surface area contributed by atoms with E-state index in [2.05, 4.69) is 10.3 Å². The van der Waals surface area contributed by atoms with Gasteiger partial charge in [0.25, 0.3) is 0 Å². The minimum atomic E-state index is -0.493. The summed E-state index contributed by atoms with van der Waals surface area (Å²) in [6.07, 6.45) is 5.90. The lowest BCUT2D eigenvalue weighted by atomic mass is 9.95. The van der Waals surface area contributed by atoms with Gasteiger partial charge in [0.15, 0.2) is 5.96 Å². The molecule has 2 rings (SSSR count). The maximum Gasteiger partial charge on any atom is 0.410 e. The quantitative estimate of drug-likeness (QED) is 0.344. The predicted molar refractivity (Wildman–Crippen MR) is 121 cm³/mol. The fourth-order valence-electron chi connectivity index (χ4n) is 3.36. The molecule has 28 heavy (non-hydrogen) atoms. The molecule has 9 heteroatoms. The molecule has 2 fully saturated rings. The van der Waals surface area contributed by atoms with E-state index in [1.165, 1.54) is 19.3 Å². The number of carbonyl (C=O) groups excluding carboxylic acids is 2. The van der Waals surface area contributed by atoms with Gasteiger partial charge in [-0.1, -0.05) is 19.3 Å². The summed E-state index contributed by atoms with van der Waals surface area (Å²) in [5.74, 6) is 0.484. The second-order valence-corrected chi connectivity index (χ2v) is 8.35. The number of guanidine groups is 1. The van der Waals surface area contributed by atoms with E-state index in [0.29, 0.717) is 51.1 Å². The van der Waals surface area contributed by atoms with Crippen molar-refractivity contribution in [2.24, 2.45) is 10.7 Å². The zero-order chi connectivity index (χ0) is 19.9. The van der Waals surface area contributed by atoms with Crippen LogP contribution in [-0.2, 0) is 9.53 Å². The highest BCUT2D eigenvalue weighted by molar-refractivity contribution is 14.0. The summed E-state index contributed by atoms with van der Waals surface area (Å²) in [6.45, 7) is 8.28. The van der Waals surface area contributed by atoms with Gasteiger partial charge < -0.3 is 25.6 Å². The molecule has 1 aliphatic carbocycles. The van der Waals surface area contributed by atoms with E-state index >= 15 is 0 Å². The van der Waals surface area contributed by atoms with Crippen molar-refractivity contribution in [1.29, 1.82) is 0 Å². The second kappa shape index (κ2) is 11.7. The van der Waals surface area contributed by atoms with E-state index in [1.54, 1.807) is 4.90 Å². The summed E-state index contributed by atoms with van der Waals surface area (Å²) in [4.78, 5) is 32.1. The number of carbonyl (C=O) groups is 2. The number of amides is 2. The first-order valence-electron chi connectivity index (χ1n) is 10.1. The van der Waals surface area contributed by atoms with E-state index in [9.17, 15) is 9.59 Å². The van der Waals surface area contributed by atoms with Gasteiger partial charge in [0, 0.05) is 38.6 Å². The van der Waals surface area contributed by atoms with Gasteiger partial charge in [0.05, 0.1) is 6.54 Å². The van der Waals surface area contributed by atoms with Gasteiger partial charge in [-0.25, -0.2) is 4.79 Å². The maximum absolute atomic E-state index is 12.1. The van der Waals surface area contributed by atoms with Gasteiger partial charge >= 0.3 is 6.09 Å². The highest BCUT2D eigenvalue weighted by atomic mass is 127. The van der Waals surface area contributed by atoms with Crippen molar-refractivity contribution in [3.63, 3.8) is 0 Å². The minimum Gasteiger partial charge on any atom is -0.444 e. The van der Waals surface area contributed by atoms with Crippen LogP contribution in [0.2, 0.25) is 0 Å². The molecule has 0 spiro atoms. The lowest BCUT2D eigenvalue weighted by Gasteiger charge is -2.36. The molecule has 0 bridgehead atoms. The van der Waals surface area contributed by atoms with Crippen LogP contribution in [0.1, 0.15) is 59.3 Å². The molecule has 2 amide bonds. The number of nitrogens with two attached hydrogens (primary N) is 1. The van der Waals surface area contributed by atoms with Crippen LogP contribution in [0.3, 0.4) is 0 Å². The molecule has 0 radical (unpaired) electrons. The van der Waals surface area contributed by atoms with Crippen molar-refractivity contribution in [1.82, 2.24) is 15.1 Å². The van der Waals surface area contributed by atoms with Crippen molar-refractivity contribution < 1.29 is 14.3 Å². The number of hydrogen-bond acceptors (Lipinski definition) is 4. The molecular formula is C19H36IN5O3. The van der Waals surface area contributed by atoms with E-state index in [0.717, 1.165) is 12.8 Å². The fourth-order valence-corrected chi connectivity index (χ4v) is 3.36. The van der Waals surface area contributed by atoms with Crippen molar-refractivity contribution >= 4 is 41.9 Å². The molecule has 1 saturated carbocycles. The summed E-state index contributed by atoms with van der Waals surface area (Å²) >= 11 is 0. The molecule has 162 valence electrons. The topological polar surface area (TPSA) is 100 Å². The Kier molecular flexibility index (Phi) is 10.3. The number of hydrogen-bond donors (Lipinski definition) is 2. The van der Waals surface area contributed by atoms with Crippen molar-refractivity contribution in [3.8, 4) is 0 Å². The smallest absolute Gasteiger partial charge is 0.410 e. The van der Waals surface area contributed by atoms with Gasteiger partial charge in [0.1, 0.15) is 5.60 Å². The van der Waals surface area contributed by atoms with Crippen molar-refractivity contribution in [2.45, 2.75) is 70.9 Å². The molecule has 3 N–H and O–H groups in total. The molecule has 0 aromatic heterocycles. The monoisotopic (exact) mass is 509 g/mol. The Morgan fingerprint density at radius 3 is 2.21 bits per heavy atom. The highest BCUT2D eigenvalue weighted by Crippen LogP contribution is 2.17. The molecule has 2 aliphatic rings. The number of nitrogens with zero attached hydrogens (tertiary/aromatic N) is 3. The van der Waals surface area contributed by atoms with E-state index in [-0.39, 0.29) is 36.0 Å². The Labute approximate surface area is 185 Å². The molecular weight excluding hydrogens is 473 g/mol. The summed E-state index contributed by atoms with van der Waals surface area (Å²) < 4.78 is 5.39. The zero-order valence-electron chi connectivity index (χ0n) is 17.4. The van der Waals surface area contributed by atoms with Crippen LogP contribution in [0.5, 0.6) is 0 Å². The molecule has 0 unspecified atom stereocenters. The van der Waals surface area contributed by atoms with Gasteiger partial charge in [-0.15, -0.1) is 24.0 Å². The van der Waals surface area contributed by atoms with Gasteiger partial charge in [-0.2, -0.15) is 0 Å². The van der Waals surface area contributed by atoms with E-state index < -0.39 is 5.60 Å². The second-order valence-electron chi connectivity index (χ2n) is 8.35. The molecule has 8 nitrogen and oxygen atoms in total. The average molecular weight is 509 g/mol. The number of rotatable bonds is 4. The number of nitrogens with one attached hydrogen (secondary N) is 1. The van der Waals surface area contributed by atoms with E-state index in [4.69, 9.17) is 10.5 Å². The first-order chi connectivity index (χ1) is 12.7. The first kappa shape index (κ1) is 24.8. The third-order valence-corrected chi connectivity index (χ3v) is 4.84. The number of halogens is 1. The Morgan fingerprint density at radius 1 is 1.07 bits per heavy atom. The molecule has 0 aromatic rings. The molecule has 0 atom stereocenters. The average Bonchev–Trinajstić information content (AvgIpc) is 2.61. The SMILES string of the molecule is CC(C)(C)OC(=O)N1CCN(C(N)=NCCC(=O)NC2CCCCC2)CC1.I. The van der Waals surface area contributed by atoms with Crippen molar-refractivity contribution in [2.75, 3.05) is 32.7 Å². The van der Waals surface area contributed by atoms with Gasteiger partial charge in [-0.3, -0.25) is 9.79 Å². The van der Waals surface area contributed by atoms with Crippen LogP contribution in [0.25, 0.3) is 0 Å². The molecule has 0 aromatic carbocycles. The summed E-state index contributed by atoms with van der Waals surface area (Å²) in [5, 5.41) is 3.09. The lowest BCUT2D eigenvalue weighted by molar-refractivity contribution is -0.121. The molecule has 1 saturated heterocycles. The number of aliphatic imine (C=N–C) groups is 1. The Morgan fingerprint density at radius 2 is 1.64 bits per heavy atom. The Hall–Kier alpha value is -1.26. The van der Waals surface area contributed by atoms with E-state index in [1.807, 2.05) is 25.7 Å². The van der Waals surface area contributed by atoms with Gasteiger partial charge in [-0.05, 0) is 33.6 Å². The largest absolute Gasteiger partial charge is 0.444 e. The summed E-state index contributed by atoms with van der Waals surface area (Å²) in [7, 11) is 0. The molecule has 1 aliphatic heterocycles. The number of piperazine rings is 1. The lowest BCUT2D eigenvalue weighted by Crippen LogP contribution is -2.53. The Balaban J connectivity index is 0.00000392. The third kappa shape index (κ3) is 8.83. The minimum absolute atomic E-state index is 0. The van der Waals surface area contributed by atoms with Gasteiger partial charge in [0.2, 0.25) is 5.91 Å². The van der Waals surface area contributed by atoms with Crippen LogP contribution >= 0.6 is 24.0 Å². The van der Waals surface area contributed by atoms with Crippen molar-refractivity contribution in [3.05, 3.63) is 0 Å². The first-order valence-corrected chi connectivity index (χ1v) is 10.1. The third-order valence-electron chi connectivity index (χ3n) is 4.84. The fraction of sp³-hybridized carbons (Fsp3) is 0.842. The van der Waals surface area contributed by atoms with Crippen LogP contribution in [0.4, 0.5) is 4.79 Å². The summed E-state index contributed by atoms with van der Waals surface area (Å²) in [5.41, 5.74) is 5.56. The molecule has 1 heterocycles. The Bertz CT molecular complexity index is 536. The predicted octanol–water partition coefficient (Wildman–Crippen LogP) is 2.31. The van der Waals surface area contributed by atoms with Crippen LogP contribution in [0, 0.1) is 0 Å². The normalized spacial score (nSPS) is 19.0. The van der Waals surface area contributed by atoms with Crippen LogP contribution in [-0.4, -0.2) is 72.1 Å². The standard InChI is InChI=1S/C19H35N5O3.HI/c1-19(2,3)27-18(26)24-13-11-23(12-14-24)17(20)21-10-9-16(25)22-15-7-5-4-6-8-15;/h15H,4-14H2,1-3H3,(H2,20,21)(H,22,25);1H.